The summed E-state index contributed by atoms with van der Waals surface area (Å²) in [4.78, 5) is 1.63. The summed E-state index contributed by atoms with van der Waals surface area (Å²) in [5, 5.41) is 11.5. The lowest BCUT2D eigenvalue weighted by Crippen LogP contribution is -3.23. The van der Waals surface area contributed by atoms with Crippen molar-refractivity contribution in [2.24, 2.45) is 0 Å². The molecule has 2 rings (SSSR count). The van der Waals surface area contributed by atoms with E-state index in [1.807, 2.05) is 0 Å². The van der Waals surface area contributed by atoms with Gasteiger partial charge in [0.2, 0.25) is 0 Å². The SMILES string of the molecule is Cc1ccc(C[NH+]2CC[NH2+]C[C@@H]2CCO)cc1. The van der Waals surface area contributed by atoms with Gasteiger partial charge in [0.15, 0.2) is 0 Å². The highest BCUT2D eigenvalue weighted by Crippen LogP contribution is 2.01. The molecule has 1 fully saturated rings. The lowest BCUT2D eigenvalue weighted by molar-refractivity contribution is -0.982. The first-order chi connectivity index (χ1) is 8.29. The van der Waals surface area contributed by atoms with Gasteiger partial charge in [-0.2, -0.15) is 0 Å². The maximum absolute atomic E-state index is 9.11. The van der Waals surface area contributed by atoms with Gasteiger partial charge in [-0.25, -0.2) is 0 Å². The lowest BCUT2D eigenvalue weighted by Gasteiger charge is -2.30. The number of nitrogens with two attached hydrogens (primary N) is 1. The van der Waals surface area contributed by atoms with Crippen LogP contribution in [0.5, 0.6) is 0 Å². The molecule has 17 heavy (non-hydrogen) atoms. The van der Waals surface area contributed by atoms with Gasteiger partial charge in [-0.05, 0) is 6.92 Å². The monoisotopic (exact) mass is 236 g/mol. The number of rotatable bonds is 4. The quantitative estimate of drug-likeness (QED) is 0.598. The number of aliphatic hydroxyl groups excluding tert-OH is 1. The van der Waals surface area contributed by atoms with E-state index < -0.39 is 0 Å². The smallest absolute Gasteiger partial charge is 0.140 e. The molecule has 1 aromatic rings. The Morgan fingerprint density at radius 1 is 1.35 bits per heavy atom. The molecule has 0 aromatic heterocycles. The van der Waals surface area contributed by atoms with Crippen LogP contribution in [0.25, 0.3) is 0 Å². The van der Waals surface area contributed by atoms with Crippen molar-refractivity contribution in [3.63, 3.8) is 0 Å². The Kier molecular flexibility index (Phi) is 4.54. The molecule has 0 radical (unpaired) electrons. The van der Waals surface area contributed by atoms with Gasteiger partial charge in [0.25, 0.3) is 0 Å². The van der Waals surface area contributed by atoms with Crippen LogP contribution in [0.2, 0.25) is 0 Å². The number of hydrogen-bond donors (Lipinski definition) is 3. The average molecular weight is 236 g/mol. The third kappa shape index (κ3) is 3.53. The molecule has 4 N–H and O–H groups in total. The molecule has 0 amide bonds. The molecule has 1 heterocycles. The zero-order chi connectivity index (χ0) is 12.1. The van der Waals surface area contributed by atoms with Gasteiger partial charge < -0.3 is 15.3 Å². The Hall–Kier alpha value is -0.900. The topological polar surface area (TPSA) is 41.3 Å². The average Bonchev–Trinajstić information content (AvgIpc) is 2.35. The van der Waals surface area contributed by atoms with Crippen LogP contribution in [0.3, 0.4) is 0 Å². The molecule has 3 nitrogen and oxygen atoms in total. The Bertz CT molecular complexity index is 335. The summed E-state index contributed by atoms with van der Waals surface area (Å²) < 4.78 is 0. The molecule has 1 unspecified atom stereocenters. The summed E-state index contributed by atoms with van der Waals surface area (Å²) in [6, 6.07) is 9.44. The molecule has 3 heteroatoms. The summed E-state index contributed by atoms with van der Waals surface area (Å²) in [5.74, 6) is 0. The second-order valence-electron chi connectivity index (χ2n) is 5.09. The number of benzene rings is 1. The van der Waals surface area contributed by atoms with E-state index >= 15 is 0 Å². The normalized spacial score (nSPS) is 24.8. The largest absolute Gasteiger partial charge is 0.396 e. The number of piperazine rings is 1. The molecule has 1 aliphatic heterocycles. The van der Waals surface area contributed by atoms with Crippen LogP contribution in [-0.4, -0.2) is 37.4 Å². The van der Waals surface area contributed by atoms with Crippen molar-refractivity contribution < 1.29 is 15.3 Å². The molecular formula is C14H24N2O+2. The first-order valence-corrected chi connectivity index (χ1v) is 6.62. The maximum Gasteiger partial charge on any atom is 0.140 e. The predicted molar refractivity (Wildman–Crippen MR) is 67.9 cm³/mol. The number of nitrogens with one attached hydrogen (secondary N) is 1. The minimum Gasteiger partial charge on any atom is -0.396 e. The summed E-state index contributed by atoms with van der Waals surface area (Å²) >= 11 is 0. The van der Waals surface area contributed by atoms with Crippen LogP contribution in [-0.2, 0) is 6.54 Å². The Morgan fingerprint density at radius 3 is 2.82 bits per heavy atom. The number of aryl methyl sites for hydroxylation is 1. The molecule has 1 saturated heterocycles. The van der Waals surface area contributed by atoms with Gasteiger partial charge in [-0.3, -0.25) is 0 Å². The molecular weight excluding hydrogens is 212 g/mol. The van der Waals surface area contributed by atoms with E-state index in [0.717, 1.165) is 19.5 Å². The van der Waals surface area contributed by atoms with Crippen LogP contribution in [0.15, 0.2) is 24.3 Å². The fraction of sp³-hybridized carbons (Fsp3) is 0.571. The third-order valence-electron chi connectivity index (χ3n) is 3.73. The first kappa shape index (κ1) is 12.6. The summed E-state index contributed by atoms with van der Waals surface area (Å²) in [5.41, 5.74) is 2.73. The molecule has 0 bridgehead atoms. The standard InChI is InChI=1S/C14H22N2O/c1-12-2-4-13(5-3-12)11-16-8-7-15-10-14(16)6-9-17/h2-5,14-15,17H,6-11H2,1H3/p+2/t14-/m0/s1. The van der Waals surface area contributed by atoms with E-state index in [1.54, 1.807) is 4.90 Å². The van der Waals surface area contributed by atoms with E-state index in [4.69, 9.17) is 5.11 Å². The minimum absolute atomic E-state index is 0.315. The van der Waals surface area contributed by atoms with E-state index in [1.165, 1.54) is 24.2 Å². The van der Waals surface area contributed by atoms with Crippen LogP contribution in [0.4, 0.5) is 0 Å². The van der Waals surface area contributed by atoms with Crippen molar-refractivity contribution in [1.29, 1.82) is 0 Å². The van der Waals surface area contributed by atoms with Crippen molar-refractivity contribution in [3.8, 4) is 0 Å². The fourth-order valence-electron chi connectivity index (χ4n) is 2.66. The Labute approximate surface area is 103 Å². The molecule has 0 aliphatic carbocycles. The molecule has 0 spiro atoms. The van der Waals surface area contributed by atoms with Crippen molar-refractivity contribution >= 4 is 0 Å². The van der Waals surface area contributed by atoms with Crippen LogP contribution in [0, 0.1) is 6.92 Å². The summed E-state index contributed by atoms with van der Waals surface area (Å²) in [7, 11) is 0. The summed E-state index contributed by atoms with van der Waals surface area (Å²) in [6.07, 6.45) is 0.928. The zero-order valence-corrected chi connectivity index (χ0v) is 10.7. The minimum atomic E-state index is 0.315. The molecule has 1 aromatic carbocycles. The van der Waals surface area contributed by atoms with Gasteiger partial charge in [0.05, 0.1) is 0 Å². The molecule has 94 valence electrons. The molecule has 2 atom stereocenters. The second kappa shape index (κ2) is 6.15. The highest BCUT2D eigenvalue weighted by molar-refractivity contribution is 5.20. The number of hydrogen-bond acceptors (Lipinski definition) is 1. The van der Waals surface area contributed by atoms with Crippen LogP contribution in [0.1, 0.15) is 17.5 Å². The van der Waals surface area contributed by atoms with Gasteiger partial charge in [0.1, 0.15) is 32.2 Å². The van der Waals surface area contributed by atoms with Gasteiger partial charge >= 0.3 is 0 Å². The maximum atomic E-state index is 9.11. The van der Waals surface area contributed by atoms with E-state index in [-0.39, 0.29) is 0 Å². The first-order valence-electron chi connectivity index (χ1n) is 6.62. The van der Waals surface area contributed by atoms with Gasteiger partial charge in [0, 0.05) is 18.6 Å². The molecule has 0 saturated carbocycles. The van der Waals surface area contributed by atoms with Gasteiger partial charge in [-0.15, -0.1) is 0 Å². The van der Waals surface area contributed by atoms with E-state index in [9.17, 15) is 0 Å². The van der Waals surface area contributed by atoms with Crippen molar-refractivity contribution in [3.05, 3.63) is 35.4 Å². The fourth-order valence-corrected chi connectivity index (χ4v) is 2.66. The van der Waals surface area contributed by atoms with E-state index in [0.29, 0.717) is 12.6 Å². The Morgan fingerprint density at radius 2 is 2.12 bits per heavy atom. The van der Waals surface area contributed by atoms with Gasteiger partial charge in [-0.1, -0.05) is 29.8 Å². The highest BCUT2D eigenvalue weighted by atomic mass is 16.3. The third-order valence-corrected chi connectivity index (χ3v) is 3.73. The Balaban J connectivity index is 1.97. The predicted octanol–water partition coefficient (Wildman–Crippen LogP) is -1.29. The van der Waals surface area contributed by atoms with Crippen molar-refractivity contribution in [2.75, 3.05) is 26.2 Å². The van der Waals surface area contributed by atoms with Crippen LogP contribution >= 0.6 is 0 Å². The second-order valence-corrected chi connectivity index (χ2v) is 5.09. The highest BCUT2D eigenvalue weighted by Gasteiger charge is 2.27. The molecule has 1 aliphatic rings. The van der Waals surface area contributed by atoms with Crippen LogP contribution < -0.4 is 10.2 Å². The van der Waals surface area contributed by atoms with Crippen molar-refractivity contribution in [1.82, 2.24) is 0 Å². The number of aliphatic hydroxyl groups is 1. The zero-order valence-electron chi connectivity index (χ0n) is 10.7. The van der Waals surface area contributed by atoms with E-state index in [2.05, 4.69) is 36.5 Å². The summed E-state index contributed by atoms with van der Waals surface area (Å²) in [6.45, 7) is 7.11. The number of quaternary nitrogens is 2. The lowest BCUT2D eigenvalue weighted by atomic mass is 10.1. The van der Waals surface area contributed by atoms with Crippen molar-refractivity contribution in [2.45, 2.75) is 25.9 Å².